The van der Waals surface area contributed by atoms with Gasteiger partial charge in [0.25, 0.3) is 0 Å². The Labute approximate surface area is 187 Å². The Balaban J connectivity index is 1.41. The van der Waals surface area contributed by atoms with Crippen LogP contribution in [-0.4, -0.2) is 55.0 Å². The Kier molecular flexibility index (Phi) is 7.44. The second-order valence-corrected chi connectivity index (χ2v) is 10.9. The highest BCUT2D eigenvalue weighted by Crippen LogP contribution is 2.56. The first-order valence-corrected chi connectivity index (χ1v) is 12.5. The summed E-state index contributed by atoms with van der Waals surface area (Å²) in [5, 5.41) is 11.3. The molecule has 4 rings (SSSR count). The lowest BCUT2D eigenvalue weighted by atomic mass is 9.51. The molecular formula is C25H42O6. The lowest BCUT2D eigenvalue weighted by molar-refractivity contribution is -0.228. The summed E-state index contributed by atoms with van der Waals surface area (Å²) in [5.74, 6) is 0.440. The minimum absolute atomic E-state index is 0.0402. The number of hydrogen-bond donors (Lipinski definition) is 1. The third kappa shape index (κ3) is 5.19. The second-order valence-electron chi connectivity index (χ2n) is 10.9. The smallest absolute Gasteiger partial charge is 0.157 e. The molecule has 6 nitrogen and oxygen atoms in total. The number of fused-ring (bicyclic) bond motifs is 1. The Morgan fingerprint density at radius 3 is 2.39 bits per heavy atom. The molecule has 2 aliphatic carbocycles. The third-order valence-corrected chi connectivity index (χ3v) is 8.72. The summed E-state index contributed by atoms with van der Waals surface area (Å²) in [5.41, 5.74) is -1.23. The topological polar surface area (TPSA) is 74.2 Å². The molecule has 0 amide bonds. The van der Waals surface area contributed by atoms with Gasteiger partial charge >= 0.3 is 0 Å². The molecule has 0 radical (unpaired) electrons. The predicted octanol–water partition coefficient (Wildman–Crippen LogP) is 4.22. The maximum absolute atomic E-state index is 13.1. The molecule has 2 aliphatic heterocycles. The molecule has 1 N–H and O–H groups in total. The molecule has 2 heterocycles. The van der Waals surface area contributed by atoms with E-state index in [0.717, 1.165) is 58.0 Å². The number of Topliss-reactive ketones (excluding diaryl/α,β-unsaturated/α-hetero) is 1. The predicted molar refractivity (Wildman–Crippen MR) is 116 cm³/mol. The van der Waals surface area contributed by atoms with Crippen molar-refractivity contribution in [3.63, 3.8) is 0 Å². The first-order valence-electron chi connectivity index (χ1n) is 12.5. The number of aliphatic hydroxyl groups is 1. The minimum Gasteiger partial charge on any atom is -0.387 e. The van der Waals surface area contributed by atoms with Crippen molar-refractivity contribution in [1.29, 1.82) is 0 Å². The van der Waals surface area contributed by atoms with Gasteiger partial charge in [0.05, 0.1) is 18.3 Å². The van der Waals surface area contributed by atoms with E-state index in [2.05, 4.69) is 13.8 Å². The van der Waals surface area contributed by atoms with Gasteiger partial charge in [-0.1, -0.05) is 13.8 Å². The van der Waals surface area contributed by atoms with Crippen LogP contribution in [0.3, 0.4) is 0 Å². The zero-order valence-corrected chi connectivity index (χ0v) is 19.6. The van der Waals surface area contributed by atoms with Crippen molar-refractivity contribution in [2.24, 2.45) is 23.2 Å². The van der Waals surface area contributed by atoms with Gasteiger partial charge < -0.3 is 24.1 Å². The highest BCUT2D eigenvalue weighted by atomic mass is 16.7. The van der Waals surface area contributed by atoms with Gasteiger partial charge in [0.15, 0.2) is 12.6 Å². The van der Waals surface area contributed by atoms with Gasteiger partial charge in [0.2, 0.25) is 0 Å². The van der Waals surface area contributed by atoms with E-state index < -0.39 is 11.5 Å². The van der Waals surface area contributed by atoms with Gasteiger partial charge in [0, 0.05) is 25.6 Å². The fourth-order valence-electron chi connectivity index (χ4n) is 6.34. The van der Waals surface area contributed by atoms with E-state index in [1.807, 2.05) is 0 Å². The molecule has 6 heteroatoms. The summed E-state index contributed by atoms with van der Waals surface area (Å²) >= 11 is 0. The number of ketones is 1. The summed E-state index contributed by atoms with van der Waals surface area (Å²) in [7, 11) is 0. The molecular weight excluding hydrogens is 396 g/mol. The summed E-state index contributed by atoms with van der Waals surface area (Å²) in [6, 6.07) is 0. The fraction of sp³-hybridized carbons (Fsp3) is 0.960. The number of rotatable bonds is 6. The van der Waals surface area contributed by atoms with Crippen molar-refractivity contribution in [2.75, 3.05) is 19.8 Å². The molecule has 0 spiro atoms. The van der Waals surface area contributed by atoms with Crippen LogP contribution >= 0.6 is 0 Å². The first-order chi connectivity index (χ1) is 14.8. The van der Waals surface area contributed by atoms with E-state index >= 15 is 0 Å². The summed E-state index contributed by atoms with van der Waals surface area (Å²) in [6.07, 6.45) is 9.27. The van der Waals surface area contributed by atoms with Gasteiger partial charge in [-0.25, -0.2) is 0 Å². The van der Waals surface area contributed by atoms with Crippen molar-refractivity contribution < 1.29 is 28.8 Å². The van der Waals surface area contributed by atoms with Crippen molar-refractivity contribution in [3.8, 4) is 0 Å². The van der Waals surface area contributed by atoms with Crippen LogP contribution < -0.4 is 0 Å². The summed E-state index contributed by atoms with van der Waals surface area (Å²) in [4.78, 5) is 13.1. The zero-order valence-electron chi connectivity index (χ0n) is 19.6. The van der Waals surface area contributed by atoms with Crippen LogP contribution in [0.5, 0.6) is 0 Å². The fourth-order valence-corrected chi connectivity index (χ4v) is 6.34. The maximum atomic E-state index is 13.1. The first kappa shape index (κ1) is 23.6. The normalized spacial score (nSPS) is 43.8. The van der Waals surface area contributed by atoms with Crippen LogP contribution in [0.1, 0.15) is 85.0 Å². The van der Waals surface area contributed by atoms with E-state index in [1.165, 1.54) is 0 Å². The van der Waals surface area contributed by atoms with Crippen LogP contribution in [0.15, 0.2) is 0 Å². The Hall–Kier alpha value is -0.530. The number of hydrogen-bond acceptors (Lipinski definition) is 6. The van der Waals surface area contributed by atoms with Gasteiger partial charge in [-0.15, -0.1) is 0 Å². The van der Waals surface area contributed by atoms with E-state index in [1.54, 1.807) is 6.92 Å². The number of carbonyl (C=O) groups is 1. The van der Waals surface area contributed by atoms with Crippen LogP contribution in [0.2, 0.25) is 0 Å². The van der Waals surface area contributed by atoms with E-state index in [4.69, 9.17) is 18.9 Å². The van der Waals surface area contributed by atoms with Crippen LogP contribution in [0.4, 0.5) is 0 Å². The molecule has 4 aliphatic rings. The molecule has 178 valence electrons. The quantitative estimate of drug-likeness (QED) is 0.626. The second kappa shape index (κ2) is 9.76. The number of carbonyl (C=O) groups excluding carboxylic acids is 1. The van der Waals surface area contributed by atoms with E-state index in [-0.39, 0.29) is 36.5 Å². The van der Waals surface area contributed by atoms with Crippen molar-refractivity contribution >= 4 is 5.78 Å². The molecule has 0 aromatic rings. The molecule has 0 aromatic carbocycles. The largest absolute Gasteiger partial charge is 0.387 e. The molecule has 2 saturated carbocycles. The van der Waals surface area contributed by atoms with E-state index in [0.29, 0.717) is 31.3 Å². The molecule has 4 unspecified atom stereocenters. The molecule has 8 atom stereocenters. The van der Waals surface area contributed by atoms with Crippen molar-refractivity contribution in [3.05, 3.63) is 0 Å². The molecule has 0 aromatic heterocycles. The van der Waals surface area contributed by atoms with Crippen molar-refractivity contribution in [2.45, 2.75) is 109 Å². The van der Waals surface area contributed by atoms with Gasteiger partial charge in [-0.2, -0.15) is 0 Å². The third-order valence-electron chi connectivity index (χ3n) is 8.72. The minimum atomic E-state index is -1.19. The van der Waals surface area contributed by atoms with Crippen LogP contribution in [0, 0.1) is 23.2 Å². The van der Waals surface area contributed by atoms with Gasteiger partial charge in [-0.3, -0.25) is 4.79 Å². The average molecular weight is 439 g/mol. The lowest BCUT2D eigenvalue weighted by Crippen LogP contribution is -2.56. The average Bonchev–Trinajstić information content (AvgIpc) is 2.77. The Morgan fingerprint density at radius 1 is 1.06 bits per heavy atom. The van der Waals surface area contributed by atoms with E-state index in [9.17, 15) is 9.90 Å². The van der Waals surface area contributed by atoms with Gasteiger partial charge in [-0.05, 0) is 82.0 Å². The standard InChI is InChI=1S/C25H42O6/c1-17-21(31-23-9-5-7-13-29-23)11-10-18-14-20(26)19(15-24(17,18)2)25(3,27)16-30-22-8-4-6-12-28-22/h17-19,21-23,27H,4-16H2,1-3H3/t17-,18+,19?,21-,22?,23?,24+,25?/m0/s1. The molecule has 4 fully saturated rings. The van der Waals surface area contributed by atoms with Crippen LogP contribution in [-0.2, 0) is 23.7 Å². The highest BCUT2D eigenvalue weighted by molar-refractivity contribution is 5.83. The Bertz CT molecular complexity index is 609. The monoisotopic (exact) mass is 438 g/mol. The number of ether oxygens (including phenoxy) is 4. The maximum Gasteiger partial charge on any atom is 0.157 e. The summed E-state index contributed by atoms with van der Waals surface area (Å²) in [6.45, 7) is 7.97. The SMILES string of the molecule is C[C@H]1[C@@H](OC2CCCCO2)CC[C@@H]2CC(=O)C(C(C)(O)COC3CCCCO3)C[C@@]21C. The van der Waals surface area contributed by atoms with Crippen molar-refractivity contribution in [1.82, 2.24) is 0 Å². The highest BCUT2D eigenvalue weighted by Gasteiger charge is 2.55. The molecule has 2 saturated heterocycles. The summed E-state index contributed by atoms with van der Waals surface area (Å²) < 4.78 is 23.8. The molecule has 0 bridgehead atoms. The Morgan fingerprint density at radius 2 is 1.74 bits per heavy atom. The van der Waals surface area contributed by atoms with Crippen LogP contribution in [0.25, 0.3) is 0 Å². The van der Waals surface area contributed by atoms with Gasteiger partial charge in [0.1, 0.15) is 5.78 Å². The lowest BCUT2D eigenvalue weighted by Gasteiger charge is -2.55. The molecule has 31 heavy (non-hydrogen) atoms. The zero-order chi connectivity index (χ0) is 22.1.